The molecule has 1 aliphatic carbocycles. The number of aromatic carboxylic acids is 1. The number of nitrogens with zero attached hydrogens (tertiary/aromatic N) is 1. The van der Waals surface area contributed by atoms with E-state index in [4.69, 9.17) is 5.11 Å². The minimum Gasteiger partial charge on any atom is -0.477 e. The number of aryl methyl sites for hydroxylation is 1. The van der Waals surface area contributed by atoms with Gasteiger partial charge in [0, 0.05) is 0 Å². The Bertz CT molecular complexity index is 467. The van der Waals surface area contributed by atoms with Gasteiger partial charge in [-0.1, -0.05) is 0 Å². The van der Waals surface area contributed by atoms with Crippen molar-refractivity contribution >= 4 is 11.9 Å². The maximum Gasteiger partial charge on any atom is 0.356 e. The number of carbonyl (C=O) groups excluding carboxylic acids is 1. The first-order chi connectivity index (χ1) is 7.63. The fourth-order valence-corrected chi connectivity index (χ4v) is 1.97. The molecule has 0 bridgehead atoms. The number of carboxylic acid groups (broad SMARTS) is 1. The number of methoxy groups -OCH3 is 1. The zero-order valence-corrected chi connectivity index (χ0v) is 8.82. The molecule has 1 aliphatic rings. The lowest BCUT2D eigenvalue weighted by atomic mass is 10.1. The van der Waals surface area contributed by atoms with E-state index in [9.17, 15) is 9.59 Å². The van der Waals surface area contributed by atoms with Gasteiger partial charge in [-0.3, -0.25) is 0 Å². The van der Waals surface area contributed by atoms with Gasteiger partial charge in [0.25, 0.3) is 0 Å². The number of hydrogen-bond donors (Lipinski definition) is 1. The quantitative estimate of drug-likeness (QED) is 0.755. The van der Waals surface area contributed by atoms with Crippen molar-refractivity contribution in [1.29, 1.82) is 0 Å². The molecule has 1 aromatic rings. The summed E-state index contributed by atoms with van der Waals surface area (Å²) in [4.78, 5) is 26.2. The molecule has 84 valence electrons. The predicted octanol–water partition coefficient (Wildman–Crippen LogP) is 1.06. The number of fused-ring (bicyclic) bond motifs is 1. The van der Waals surface area contributed by atoms with E-state index in [0.29, 0.717) is 6.42 Å². The van der Waals surface area contributed by atoms with Gasteiger partial charge in [-0.05, 0) is 36.5 Å². The van der Waals surface area contributed by atoms with Gasteiger partial charge in [-0.15, -0.1) is 0 Å². The number of esters is 1. The van der Waals surface area contributed by atoms with Crippen molar-refractivity contribution < 1.29 is 19.4 Å². The fourth-order valence-electron chi connectivity index (χ4n) is 1.97. The van der Waals surface area contributed by atoms with Gasteiger partial charge in [0.2, 0.25) is 0 Å². The van der Waals surface area contributed by atoms with Crippen molar-refractivity contribution in [2.75, 3.05) is 7.11 Å². The van der Waals surface area contributed by atoms with Crippen molar-refractivity contribution in [3.63, 3.8) is 0 Å². The minimum atomic E-state index is -1.09. The molecule has 0 atom stereocenters. The van der Waals surface area contributed by atoms with Gasteiger partial charge < -0.3 is 9.84 Å². The molecule has 5 heteroatoms. The lowest BCUT2D eigenvalue weighted by Crippen LogP contribution is -2.12. The summed E-state index contributed by atoms with van der Waals surface area (Å²) < 4.78 is 4.54. The van der Waals surface area contributed by atoms with Crippen LogP contribution in [0.15, 0.2) is 6.07 Å². The summed E-state index contributed by atoms with van der Waals surface area (Å²) in [7, 11) is 1.25. The molecule has 1 aromatic heterocycles. The van der Waals surface area contributed by atoms with E-state index in [1.54, 1.807) is 6.07 Å². The Balaban J connectivity index is 2.56. The summed E-state index contributed by atoms with van der Waals surface area (Å²) in [6, 6.07) is 1.63. The van der Waals surface area contributed by atoms with Crippen LogP contribution in [0, 0.1) is 0 Å². The second kappa shape index (κ2) is 3.92. The Hall–Kier alpha value is -1.91. The Labute approximate surface area is 92.1 Å². The molecule has 1 heterocycles. The third-order valence-electron chi connectivity index (χ3n) is 2.69. The SMILES string of the molecule is COC(=O)c1cc2c(c(C(=O)O)n1)CCC2. The normalized spacial score (nSPS) is 13.3. The number of aromatic nitrogens is 1. The highest BCUT2D eigenvalue weighted by Crippen LogP contribution is 2.25. The van der Waals surface area contributed by atoms with E-state index in [1.165, 1.54) is 7.11 Å². The maximum absolute atomic E-state index is 11.3. The standard InChI is InChI=1S/C11H11NO4/c1-16-11(15)8-5-6-3-2-4-7(6)9(12-8)10(13)14/h5H,2-4H2,1H3,(H,13,14). The van der Waals surface area contributed by atoms with E-state index in [1.807, 2.05) is 0 Å². The van der Waals surface area contributed by atoms with Crippen molar-refractivity contribution in [3.8, 4) is 0 Å². The molecule has 0 aromatic carbocycles. The topological polar surface area (TPSA) is 76.5 Å². The molecule has 0 amide bonds. The monoisotopic (exact) mass is 221 g/mol. The Morgan fingerprint density at radius 1 is 1.44 bits per heavy atom. The number of rotatable bonds is 2. The zero-order valence-electron chi connectivity index (χ0n) is 8.82. The van der Waals surface area contributed by atoms with E-state index in [2.05, 4.69) is 9.72 Å². The zero-order chi connectivity index (χ0) is 11.7. The van der Waals surface area contributed by atoms with Crippen molar-refractivity contribution in [2.45, 2.75) is 19.3 Å². The first-order valence-corrected chi connectivity index (χ1v) is 4.98. The van der Waals surface area contributed by atoms with Gasteiger partial charge in [0.1, 0.15) is 5.69 Å². The van der Waals surface area contributed by atoms with Crippen molar-refractivity contribution in [2.24, 2.45) is 0 Å². The first-order valence-electron chi connectivity index (χ1n) is 4.98. The van der Waals surface area contributed by atoms with Crippen LogP contribution in [0.25, 0.3) is 0 Å². The average Bonchev–Trinajstić information content (AvgIpc) is 2.74. The summed E-state index contributed by atoms with van der Waals surface area (Å²) in [6.07, 6.45) is 2.41. The molecule has 0 saturated heterocycles. The third-order valence-corrected chi connectivity index (χ3v) is 2.69. The van der Waals surface area contributed by atoms with Crippen LogP contribution in [-0.2, 0) is 17.6 Å². The smallest absolute Gasteiger partial charge is 0.356 e. The highest BCUT2D eigenvalue weighted by atomic mass is 16.5. The van der Waals surface area contributed by atoms with Crippen LogP contribution < -0.4 is 0 Å². The number of carbonyl (C=O) groups is 2. The second-order valence-electron chi connectivity index (χ2n) is 3.64. The largest absolute Gasteiger partial charge is 0.477 e. The van der Waals surface area contributed by atoms with Crippen LogP contribution in [0.4, 0.5) is 0 Å². The predicted molar refractivity (Wildman–Crippen MR) is 54.6 cm³/mol. The molecular formula is C11H11NO4. The van der Waals surface area contributed by atoms with Crippen LogP contribution in [0.1, 0.15) is 38.5 Å². The summed E-state index contributed by atoms with van der Waals surface area (Å²) in [5.74, 6) is -1.69. The average molecular weight is 221 g/mol. The lowest BCUT2D eigenvalue weighted by molar-refractivity contribution is 0.0593. The summed E-state index contributed by atoms with van der Waals surface area (Å²) >= 11 is 0. The van der Waals surface area contributed by atoms with E-state index in [-0.39, 0.29) is 11.4 Å². The molecular weight excluding hydrogens is 210 g/mol. The summed E-state index contributed by atoms with van der Waals surface area (Å²) in [6.45, 7) is 0. The number of hydrogen-bond acceptors (Lipinski definition) is 4. The highest BCUT2D eigenvalue weighted by Gasteiger charge is 2.23. The van der Waals surface area contributed by atoms with Gasteiger partial charge in [-0.2, -0.15) is 0 Å². The van der Waals surface area contributed by atoms with Crippen molar-refractivity contribution in [3.05, 3.63) is 28.6 Å². The number of pyridine rings is 1. The molecule has 0 radical (unpaired) electrons. The first kappa shape index (κ1) is 10.6. The summed E-state index contributed by atoms with van der Waals surface area (Å²) in [5, 5.41) is 9.01. The second-order valence-corrected chi connectivity index (χ2v) is 3.64. The maximum atomic E-state index is 11.3. The van der Waals surface area contributed by atoms with Gasteiger partial charge in [-0.25, -0.2) is 14.6 Å². The van der Waals surface area contributed by atoms with Crippen LogP contribution in [0.2, 0.25) is 0 Å². The Morgan fingerprint density at radius 2 is 2.19 bits per heavy atom. The molecule has 16 heavy (non-hydrogen) atoms. The molecule has 0 aliphatic heterocycles. The van der Waals surface area contributed by atoms with Crippen LogP contribution in [-0.4, -0.2) is 29.1 Å². The molecule has 0 spiro atoms. The Morgan fingerprint density at radius 3 is 2.81 bits per heavy atom. The molecule has 5 nitrogen and oxygen atoms in total. The van der Waals surface area contributed by atoms with E-state index >= 15 is 0 Å². The molecule has 0 fully saturated rings. The van der Waals surface area contributed by atoms with E-state index in [0.717, 1.165) is 24.0 Å². The molecule has 0 saturated carbocycles. The van der Waals surface area contributed by atoms with Gasteiger partial charge in [0.05, 0.1) is 7.11 Å². The molecule has 2 rings (SSSR count). The van der Waals surface area contributed by atoms with Gasteiger partial charge in [0.15, 0.2) is 5.69 Å². The van der Waals surface area contributed by atoms with Crippen LogP contribution >= 0.6 is 0 Å². The van der Waals surface area contributed by atoms with E-state index < -0.39 is 11.9 Å². The van der Waals surface area contributed by atoms with Gasteiger partial charge >= 0.3 is 11.9 Å². The number of carboxylic acids is 1. The van der Waals surface area contributed by atoms with Crippen LogP contribution in [0.3, 0.4) is 0 Å². The minimum absolute atomic E-state index is 0.0181. The van der Waals surface area contributed by atoms with Crippen molar-refractivity contribution in [1.82, 2.24) is 4.98 Å². The summed E-state index contributed by atoms with van der Waals surface area (Å²) in [5.41, 5.74) is 1.70. The fraction of sp³-hybridized carbons (Fsp3) is 0.364. The molecule has 0 unspecified atom stereocenters. The Kier molecular flexibility index (Phi) is 2.60. The number of ether oxygens (including phenoxy) is 1. The third kappa shape index (κ3) is 1.64. The lowest BCUT2D eigenvalue weighted by Gasteiger charge is -2.06. The highest BCUT2D eigenvalue weighted by molar-refractivity contribution is 5.92. The van der Waals surface area contributed by atoms with Crippen LogP contribution in [0.5, 0.6) is 0 Å². The molecule has 1 N–H and O–H groups in total.